The third-order valence-corrected chi connectivity index (χ3v) is 2.18. The average molecular weight is 163 g/mol. The summed E-state index contributed by atoms with van der Waals surface area (Å²) in [5.41, 5.74) is 7.57. The Labute approximate surface area is 72.0 Å². The number of nitrogens with zero attached hydrogens (tertiary/aromatic N) is 2. The van der Waals surface area contributed by atoms with Crippen LogP contribution in [0.2, 0.25) is 0 Å². The van der Waals surface area contributed by atoms with Gasteiger partial charge in [0.15, 0.2) is 0 Å². The van der Waals surface area contributed by atoms with Crippen LogP contribution in [-0.2, 0) is 13.0 Å². The van der Waals surface area contributed by atoms with Gasteiger partial charge in [0.1, 0.15) is 6.33 Å². The normalized spacial score (nSPS) is 16.4. The molecule has 1 aromatic heterocycles. The molecule has 0 bridgehead atoms. The molecule has 1 aliphatic rings. The predicted octanol–water partition coefficient (Wildman–Crippen LogP) is 0.888. The van der Waals surface area contributed by atoms with E-state index in [1.54, 1.807) is 6.33 Å². The maximum absolute atomic E-state index is 5.47. The van der Waals surface area contributed by atoms with Crippen LogP contribution in [-0.4, -0.2) is 9.97 Å². The molecule has 2 rings (SSSR count). The molecule has 64 valence electrons. The molecular weight excluding hydrogens is 150 g/mol. The minimum absolute atomic E-state index is 0.514. The highest BCUT2D eigenvalue weighted by atomic mass is 14.8. The summed E-state index contributed by atoms with van der Waals surface area (Å²) in [6, 6.07) is 2.01. The number of hydrogen-bond acceptors (Lipinski definition) is 3. The Hall–Kier alpha value is -0.960. The summed E-state index contributed by atoms with van der Waals surface area (Å²) >= 11 is 0. The van der Waals surface area contributed by atoms with Gasteiger partial charge in [-0.15, -0.1) is 0 Å². The molecule has 1 fully saturated rings. The van der Waals surface area contributed by atoms with Crippen molar-refractivity contribution < 1.29 is 0 Å². The van der Waals surface area contributed by atoms with Crippen LogP contribution in [0.1, 0.15) is 24.2 Å². The van der Waals surface area contributed by atoms with Crippen LogP contribution in [0.5, 0.6) is 0 Å². The topological polar surface area (TPSA) is 51.8 Å². The highest BCUT2D eigenvalue weighted by Crippen LogP contribution is 2.31. The van der Waals surface area contributed by atoms with Gasteiger partial charge in [-0.25, -0.2) is 9.97 Å². The molecule has 12 heavy (non-hydrogen) atoms. The lowest BCUT2D eigenvalue weighted by atomic mass is 10.2. The lowest BCUT2D eigenvalue weighted by Gasteiger charge is -1.99. The Morgan fingerprint density at radius 3 is 2.75 bits per heavy atom. The minimum Gasteiger partial charge on any atom is -0.325 e. The van der Waals surface area contributed by atoms with Gasteiger partial charge in [-0.1, -0.05) is 0 Å². The summed E-state index contributed by atoms with van der Waals surface area (Å²) in [6.45, 7) is 0.514. The van der Waals surface area contributed by atoms with Gasteiger partial charge < -0.3 is 5.73 Å². The molecule has 0 spiro atoms. The van der Waals surface area contributed by atoms with Crippen molar-refractivity contribution in [2.24, 2.45) is 11.7 Å². The van der Waals surface area contributed by atoms with E-state index >= 15 is 0 Å². The van der Waals surface area contributed by atoms with Gasteiger partial charge in [-0.3, -0.25) is 0 Å². The van der Waals surface area contributed by atoms with Crippen LogP contribution in [0.15, 0.2) is 12.4 Å². The Bertz CT molecular complexity index is 268. The molecule has 0 radical (unpaired) electrons. The number of nitrogens with two attached hydrogens (primary N) is 1. The molecule has 3 heteroatoms. The van der Waals surface area contributed by atoms with Crippen LogP contribution in [0, 0.1) is 5.92 Å². The van der Waals surface area contributed by atoms with Gasteiger partial charge in [0, 0.05) is 12.2 Å². The molecule has 3 nitrogen and oxygen atoms in total. The fraction of sp³-hybridized carbons (Fsp3) is 0.556. The third kappa shape index (κ3) is 1.80. The van der Waals surface area contributed by atoms with E-state index in [-0.39, 0.29) is 0 Å². The first-order chi connectivity index (χ1) is 5.88. The summed E-state index contributed by atoms with van der Waals surface area (Å²) in [4.78, 5) is 8.25. The smallest absolute Gasteiger partial charge is 0.115 e. The standard InChI is InChI=1S/C9H13N3/c10-5-9-4-8(11-6-12-9)3-7-1-2-7/h4,6-7H,1-3,5,10H2. The number of aromatic nitrogens is 2. The van der Waals surface area contributed by atoms with Crippen molar-refractivity contribution in [2.45, 2.75) is 25.8 Å². The van der Waals surface area contributed by atoms with Crippen molar-refractivity contribution in [2.75, 3.05) is 0 Å². The van der Waals surface area contributed by atoms with Gasteiger partial charge in [0.2, 0.25) is 0 Å². The Morgan fingerprint density at radius 1 is 1.33 bits per heavy atom. The van der Waals surface area contributed by atoms with E-state index in [0.717, 1.165) is 23.7 Å². The Balaban J connectivity index is 2.08. The van der Waals surface area contributed by atoms with Gasteiger partial charge in [-0.05, 0) is 31.2 Å². The van der Waals surface area contributed by atoms with Crippen LogP contribution in [0.3, 0.4) is 0 Å². The highest BCUT2D eigenvalue weighted by Gasteiger charge is 2.21. The van der Waals surface area contributed by atoms with Crippen molar-refractivity contribution in [1.82, 2.24) is 9.97 Å². The second-order valence-electron chi connectivity index (χ2n) is 3.35. The van der Waals surface area contributed by atoms with Crippen LogP contribution < -0.4 is 5.73 Å². The van der Waals surface area contributed by atoms with Crippen molar-refractivity contribution in [3.63, 3.8) is 0 Å². The molecule has 1 aromatic rings. The van der Waals surface area contributed by atoms with E-state index in [1.807, 2.05) is 6.07 Å². The first-order valence-electron chi connectivity index (χ1n) is 4.38. The maximum Gasteiger partial charge on any atom is 0.115 e. The molecule has 1 saturated carbocycles. The molecule has 0 aromatic carbocycles. The molecule has 0 atom stereocenters. The van der Waals surface area contributed by atoms with Gasteiger partial charge in [-0.2, -0.15) is 0 Å². The largest absolute Gasteiger partial charge is 0.325 e. The summed E-state index contributed by atoms with van der Waals surface area (Å²) in [5, 5.41) is 0. The molecule has 0 aliphatic heterocycles. The fourth-order valence-corrected chi connectivity index (χ4v) is 1.29. The van der Waals surface area contributed by atoms with Crippen LogP contribution >= 0.6 is 0 Å². The molecule has 0 amide bonds. The molecule has 1 heterocycles. The lowest BCUT2D eigenvalue weighted by molar-refractivity contribution is 0.789. The van der Waals surface area contributed by atoms with E-state index in [0.29, 0.717) is 6.54 Å². The summed E-state index contributed by atoms with van der Waals surface area (Å²) < 4.78 is 0. The quantitative estimate of drug-likeness (QED) is 0.720. The van der Waals surface area contributed by atoms with E-state index in [9.17, 15) is 0 Å². The zero-order valence-electron chi connectivity index (χ0n) is 7.03. The molecule has 1 aliphatic carbocycles. The number of hydrogen-bond donors (Lipinski definition) is 1. The zero-order valence-corrected chi connectivity index (χ0v) is 7.03. The predicted molar refractivity (Wildman–Crippen MR) is 46.4 cm³/mol. The van der Waals surface area contributed by atoms with E-state index in [4.69, 9.17) is 5.73 Å². The monoisotopic (exact) mass is 163 g/mol. The van der Waals surface area contributed by atoms with Crippen molar-refractivity contribution in [3.8, 4) is 0 Å². The Kier molecular flexibility index (Phi) is 2.04. The van der Waals surface area contributed by atoms with Crippen LogP contribution in [0.4, 0.5) is 0 Å². The molecule has 2 N–H and O–H groups in total. The molecular formula is C9H13N3. The highest BCUT2D eigenvalue weighted by molar-refractivity contribution is 5.09. The van der Waals surface area contributed by atoms with Crippen LogP contribution in [0.25, 0.3) is 0 Å². The summed E-state index contributed by atoms with van der Waals surface area (Å²) in [5.74, 6) is 0.880. The zero-order chi connectivity index (χ0) is 8.39. The van der Waals surface area contributed by atoms with E-state index in [1.165, 1.54) is 12.8 Å². The van der Waals surface area contributed by atoms with Gasteiger partial charge in [0.05, 0.1) is 5.69 Å². The van der Waals surface area contributed by atoms with Crippen molar-refractivity contribution in [1.29, 1.82) is 0 Å². The second-order valence-corrected chi connectivity index (χ2v) is 3.35. The minimum atomic E-state index is 0.514. The summed E-state index contributed by atoms with van der Waals surface area (Å²) in [6.07, 6.45) is 5.44. The third-order valence-electron chi connectivity index (χ3n) is 2.18. The molecule has 0 unspecified atom stereocenters. The summed E-state index contributed by atoms with van der Waals surface area (Å²) in [7, 11) is 0. The SMILES string of the molecule is NCc1cc(CC2CC2)ncn1. The van der Waals surface area contributed by atoms with E-state index < -0.39 is 0 Å². The lowest BCUT2D eigenvalue weighted by Crippen LogP contribution is -2.02. The maximum atomic E-state index is 5.47. The fourth-order valence-electron chi connectivity index (χ4n) is 1.29. The molecule has 0 saturated heterocycles. The van der Waals surface area contributed by atoms with Crippen molar-refractivity contribution in [3.05, 3.63) is 23.8 Å². The first kappa shape index (κ1) is 7.68. The van der Waals surface area contributed by atoms with Gasteiger partial charge in [0.25, 0.3) is 0 Å². The average Bonchev–Trinajstić information content (AvgIpc) is 2.89. The first-order valence-corrected chi connectivity index (χ1v) is 4.38. The number of rotatable bonds is 3. The van der Waals surface area contributed by atoms with Crippen molar-refractivity contribution >= 4 is 0 Å². The Morgan fingerprint density at radius 2 is 2.08 bits per heavy atom. The van der Waals surface area contributed by atoms with Gasteiger partial charge >= 0.3 is 0 Å². The van der Waals surface area contributed by atoms with E-state index in [2.05, 4.69) is 9.97 Å². The second kappa shape index (κ2) is 3.19.